The van der Waals surface area contributed by atoms with E-state index in [1.807, 2.05) is 31.2 Å². The minimum Gasteiger partial charge on any atom is -0.354 e. The Morgan fingerprint density at radius 1 is 1.04 bits per heavy atom. The van der Waals surface area contributed by atoms with Crippen molar-refractivity contribution in [1.82, 2.24) is 9.97 Å². The number of hydrogen-bond donors (Lipinski definition) is 2. The first-order valence-corrected chi connectivity index (χ1v) is 8.72. The van der Waals surface area contributed by atoms with Gasteiger partial charge in [0.2, 0.25) is 5.95 Å². The third kappa shape index (κ3) is 5.10. The highest BCUT2D eigenvalue weighted by atomic mass is 19.1. The number of carbonyl (C=O) groups excluding carboxylic acids is 1. The lowest BCUT2D eigenvalue weighted by Gasteiger charge is -2.09. The van der Waals surface area contributed by atoms with Crippen molar-refractivity contribution in [1.29, 1.82) is 0 Å². The van der Waals surface area contributed by atoms with Crippen molar-refractivity contribution < 1.29 is 9.18 Å². The summed E-state index contributed by atoms with van der Waals surface area (Å²) in [6, 6.07) is 15.8. The fourth-order valence-electron chi connectivity index (χ4n) is 2.61. The van der Waals surface area contributed by atoms with Crippen LogP contribution < -0.4 is 10.6 Å². The van der Waals surface area contributed by atoms with E-state index in [1.165, 1.54) is 6.07 Å². The molecule has 138 valence electrons. The zero-order valence-corrected chi connectivity index (χ0v) is 15.3. The molecule has 1 amide bonds. The van der Waals surface area contributed by atoms with Crippen LogP contribution in [-0.2, 0) is 6.42 Å². The topological polar surface area (TPSA) is 66.9 Å². The lowest BCUT2D eigenvalue weighted by atomic mass is 10.1. The number of aryl methyl sites for hydroxylation is 2. The summed E-state index contributed by atoms with van der Waals surface area (Å²) in [7, 11) is 0. The fourth-order valence-corrected chi connectivity index (χ4v) is 2.61. The molecule has 5 nitrogen and oxygen atoms in total. The number of aromatic nitrogens is 2. The van der Waals surface area contributed by atoms with Crippen molar-refractivity contribution in [2.24, 2.45) is 0 Å². The molecule has 0 unspecified atom stereocenters. The number of amides is 1. The van der Waals surface area contributed by atoms with Gasteiger partial charge in [-0.15, -0.1) is 0 Å². The zero-order valence-electron chi connectivity index (χ0n) is 15.3. The summed E-state index contributed by atoms with van der Waals surface area (Å²) >= 11 is 0. The van der Waals surface area contributed by atoms with Gasteiger partial charge in [0, 0.05) is 17.9 Å². The molecule has 0 saturated heterocycles. The van der Waals surface area contributed by atoms with Crippen molar-refractivity contribution in [2.45, 2.75) is 20.3 Å². The van der Waals surface area contributed by atoms with Gasteiger partial charge in [-0.2, -0.15) is 0 Å². The van der Waals surface area contributed by atoms with Crippen LogP contribution in [0.25, 0.3) is 0 Å². The molecule has 3 aromatic rings. The molecule has 0 radical (unpaired) electrons. The molecule has 3 rings (SSSR count). The smallest absolute Gasteiger partial charge is 0.274 e. The molecule has 1 aromatic heterocycles. The van der Waals surface area contributed by atoms with Crippen LogP contribution in [-0.4, -0.2) is 22.4 Å². The third-order valence-electron chi connectivity index (χ3n) is 4.03. The summed E-state index contributed by atoms with van der Waals surface area (Å²) in [5, 5.41) is 5.88. The van der Waals surface area contributed by atoms with Gasteiger partial charge in [-0.3, -0.25) is 4.79 Å². The van der Waals surface area contributed by atoms with Crippen LogP contribution in [0.5, 0.6) is 0 Å². The van der Waals surface area contributed by atoms with E-state index < -0.39 is 0 Å². The summed E-state index contributed by atoms with van der Waals surface area (Å²) in [6.45, 7) is 4.24. The van der Waals surface area contributed by atoms with Gasteiger partial charge in [0.05, 0.1) is 0 Å². The number of halogens is 1. The molecular weight excluding hydrogens is 343 g/mol. The van der Waals surface area contributed by atoms with Gasteiger partial charge in [0.15, 0.2) is 0 Å². The predicted octanol–water partition coefficient (Wildman–Crippen LogP) is 4.14. The summed E-state index contributed by atoms with van der Waals surface area (Å²) in [4.78, 5) is 21.0. The van der Waals surface area contributed by atoms with Crippen LogP contribution >= 0.6 is 0 Å². The van der Waals surface area contributed by atoms with Crippen molar-refractivity contribution in [3.8, 4) is 0 Å². The first kappa shape index (κ1) is 18.5. The van der Waals surface area contributed by atoms with E-state index in [0.717, 1.165) is 5.56 Å². The highest BCUT2D eigenvalue weighted by Crippen LogP contribution is 2.12. The van der Waals surface area contributed by atoms with Crippen LogP contribution in [0.2, 0.25) is 0 Å². The molecule has 0 aliphatic heterocycles. The van der Waals surface area contributed by atoms with E-state index in [1.54, 1.807) is 31.2 Å². The summed E-state index contributed by atoms with van der Waals surface area (Å²) < 4.78 is 13.7. The highest BCUT2D eigenvalue weighted by Gasteiger charge is 2.11. The van der Waals surface area contributed by atoms with Gasteiger partial charge >= 0.3 is 0 Å². The number of nitrogens with zero attached hydrogens (tertiary/aromatic N) is 2. The van der Waals surface area contributed by atoms with Crippen LogP contribution in [0.1, 0.15) is 27.3 Å². The van der Waals surface area contributed by atoms with Gasteiger partial charge < -0.3 is 10.6 Å². The Morgan fingerprint density at radius 3 is 2.52 bits per heavy atom. The minimum atomic E-state index is -0.304. The Bertz CT molecular complexity index is 941. The number of carbonyl (C=O) groups is 1. The van der Waals surface area contributed by atoms with E-state index in [-0.39, 0.29) is 17.4 Å². The molecule has 0 fully saturated rings. The van der Waals surface area contributed by atoms with Crippen LogP contribution in [0, 0.1) is 19.7 Å². The van der Waals surface area contributed by atoms with Crippen molar-refractivity contribution in [3.05, 3.63) is 82.9 Å². The van der Waals surface area contributed by atoms with E-state index in [0.29, 0.717) is 35.9 Å². The van der Waals surface area contributed by atoms with Crippen LogP contribution in [0.4, 0.5) is 16.0 Å². The molecule has 2 aromatic carbocycles. The molecule has 0 spiro atoms. The first-order chi connectivity index (χ1) is 13.0. The molecule has 2 N–H and O–H groups in total. The molecule has 1 heterocycles. The maximum absolute atomic E-state index is 13.7. The number of anilines is 2. The molecule has 6 heteroatoms. The molecule has 0 aliphatic carbocycles. The zero-order chi connectivity index (χ0) is 19.2. The number of hydrogen-bond acceptors (Lipinski definition) is 4. The second kappa shape index (κ2) is 8.40. The SMILES string of the molecule is Cc1ccc(NC(=O)c2cc(C)nc(NCCc3ccccc3F)n2)cc1. The average Bonchev–Trinajstić information content (AvgIpc) is 2.65. The summed E-state index contributed by atoms with van der Waals surface area (Å²) in [5.41, 5.74) is 3.39. The molecule has 0 bridgehead atoms. The summed E-state index contributed by atoms with van der Waals surface area (Å²) in [6.07, 6.45) is 0.495. The van der Waals surface area contributed by atoms with E-state index in [4.69, 9.17) is 0 Å². The maximum Gasteiger partial charge on any atom is 0.274 e. The first-order valence-electron chi connectivity index (χ1n) is 8.72. The van der Waals surface area contributed by atoms with Gasteiger partial charge in [-0.1, -0.05) is 35.9 Å². The van der Waals surface area contributed by atoms with Gasteiger partial charge in [-0.05, 0) is 50.1 Å². The summed E-state index contributed by atoms with van der Waals surface area (Å²) in [5.74, 6) is -0.190. The monoisotopic (exact) mass is 364 g/mol. The predicted molar refractivity (Wildman–Crippen MR) is 104 cm³/mol. The Balaban J connectivity index is 1.65. The second-order valence-corrected chi connectivity index (χ2v) is 6.31. The lowest BCUT2D eigenvalue weighted by Crippen LogP contribution is -2.17. The van der Waals surface area contributed by atoms with Crippen LogP contribution in [0.3, 0.4) is 0 Å². The third-order valence-corrected chi connectivity index (χ3v) is 4.03. The van der Waals surface area contributed by atoms with E-state index >= 15 is 0 Å². The van der Waals surface area contributed by atoms with Crippen molar-refractivity contribution >= 4 is 17.5 Å². The number of benzene rings is 2. The van der Waals surface area contributed by atoms with Gasteiger partial charge in [0.25, 0.3) is 5.91 Å². The molecule has 0 aliphatic rings. The van der Waals surface area contributed by atoms with Gasteiger partial charge in [-0.25, -0.2) is 14.4 Å². The van der Waals surface area contributed by atoms with Crippen LogP contribution in [0.15, 0.2) is 54.6 Å². The number of rotatable bonds is 6. The van der Waals surface area contributed by atoms with Crippen molar-refractivity contribution in [3.63, 3.8) is 0 Å². The minimum absolute atomic E-state index is 0.234. The second-order valence-electron chi connectivity index (χ2n) is 6.31. The lowest BCUT2D eigenvalue weighted by molar-refractivity contribution is 0.102. The quantitative estimate of drug-likeness (QED) is 0.690. The molecule has 0 saturated carbocycles. The fraction of sp³-hybridized carbons (Fsp3) is 0.190. The largest absolute Gasteiger partial charge is 0.354 e. The normalized spacial score (nSPS) is 10.5. The molecule has 0 atom stereocenters. The standard InChI is InChI=1S/C21H21FN4O/c1-14-7-9-17(10-8-14)25-20(27)19-13-15(2)24-21(26-19)23-12-11-16-5-3-4-6-18(16)22/h3-10,13H,11-12H2,1-2H3,(H,25,27)(H,23,24,26). The average molecular weight is 364 g/mol. The Kier molecular flexibility index (Phi) is 5.76. The highest BCUT2D eigenvalue weighted by molar-refractivity contribution is 6.03. The van der Waals surface area contributed by atoms with E-state index in [2.05, 4.69) is 20.6 Å². The number of nitrogens with one attached hydrogen (secondary N) is 2. The van der Waals surface area contributed by atoms with Crippen molar-refractivity contribution in [2.75, 3.05) is 17.2 Å². The Morgan fingerprint density at radius 2 is 1.78 bits per heavy atom. The molecule has 27 heavy (non-hydrogen) atoms. The maximum atomic E-state index is 13.7. The van der Waals surface area contributed by atoms with Gasteiger partial charge in [0.1, 0.15) is 11.5 Å². The molecular formula is C21H21FN4O. The Hall–Kier alpha value is -3.28. The Labute approximate surface area is 157 Å². The van der Waals surface area contributed by atoms with E-state index in [9.17, 15) is 9.18 Å².